The highest BCUT2D eigenvalue weighted by Gasteiger charge is 2.36. The van der Waals surface area contributed by atoms with Crippen molar-refractivity contribution < 1.29 is 4.79 Å². The summed E-state index contributed by atoms with van der Waals surface area (Å²) < 4.78 is 2.22. The molecule has 0 spiro atoms. The minimum atomic E-state index is -0.410. The van der Waals surface area contributed by atoms with Gasteiger partial charge in [0.25, 0.3) is 5.91 Å². The number of aryl methyl sites for hydroxylation is 2. The molecule has 2 aliphatic heterocycles. The lowest BCUT2D eigenvalue weighted by Crippen LogP contribution is -2.35. The van der Waals surface area contributed by atoms with Gasteiger partial charge in [-0.1, -0.05) is 54.1 Å². The molecule has 1 N–H and O–H groups in total. The topological polar surface area (TPSA) is 73.8 Å². The van der Waals surface area contributed by atoms with Crippen molar-refractivity contribution in [1.82, 2.24) is 9.58 Å². The highest BCUT2D eigenvalue weighted by molar-refractivity contribution is 8.27. The minimum Gasteiger partial charge on any atom is -0.344 e. The summed E-state index contributed by atoms with van der Waals surface area (Å²) >= 11 is 1.32. The number of aromatic nitrogens is 1. The molecule has 7 heteroatoms. The molecule has 0 bridgehead atoms. The molecule has 1 amide bonds. The maximum Gasteiger partial charge on any atom is 0.283 e. The summed E-state index contributed by atoms with van der Waals surface area (Å²) in [6.45, 7) is 6.86. The lowest BCUT2D eigenvalue weighted by Gasteiger charge is -2.20. The van der Waals surface area contributed by atoms with Crippen LogP contribution in [0.1, 0.15) is 33.6 Å². The molecule has 164 valence electrons. The average molecular weight is 454 g/mol. The second-order valence-corrected chi connectivity index (χ2v) is 9.15. The van der Waals surface area contributed by atoms with Gasteiger partial charge in [-0.15, -0.1) is 0 Å². The Morgan fingerprint density at radius 2 is 1.82 bits per heavy atom. The van der Waals surface area contributed by atoms with Crippen molar-refractivity contribution in [2.75, 3.05) is 0 Å². The van der Waals surface area contributed by atoms with Crippen LogP contribution in [0.5, 0.6) is 0 Å². The van der Waals surface area contributed by atoms with Crippen molar-refractivity contribution in [2.45, 2.75) is 27.3 Å². The number of nitrogens with zero attached hydrogens (tertiary/aromatic N) is 4. The number of hydrogen-bond donors (Lipinski definition) is 1. The fourth-order valence-electron chi connectivity index (χ4n) is 4.03. The van der Waals surface area contributed by atoms with Gasteiger partial charge in [0.15, 0.2) is 5.84 Å². The zero-order chi connectivity index (χ0) is 23.1. The second-order valence-electron chi connectivity index (χ2n) is 8.19. The number of hydrogen-bond acceptors (Lipinski definition) is 4. The number of amidine groups is 2. The molecule has 3 aromatic rings. The number of hydrazone groups is 1. The first-order valence-electron chi connectivity index (χ1n) is 10.7. The summed E-state index contributed by atoms with van der Waals surface area (Å²) in [6, 6.07) is 20.3. The molecule has 0 atom stereocenters. The molecule has 0 saturated carbocycles. The third-order valence-electron chi connectivity index (χ3n) is 5.82. The third-order valence-corrected chi connectivity index (χ3v) is 6.77. The lowest BCUT2D eigenvalue weighted by molar-refractivity contribution is -0.114. The van der Waals surface area contributed by atoms with E-state index in [0.717, 1.165) is 39.7 Å². The van der Waals surface area contributed by atoms with Gasteiger partial charge >= 0.3 is 0 Å². The number of fused-ring (bicyclic) bond motifs is 1. The molecule has 2 aromatic carbocycles. The van der Waals surface area contributed by atoms with Gasteiger partial charge in [-0.2, -0.15) is 15.1 Å². The predicted octanol–water partition coefficient (Wildman–Crippen LogP) is 5.13. The van der Waals surface area contributed by atoms with Crippen molar-refractivity contribution in [2.24, 2.45) is 10.1 Å². The molecule has 0 radical (unpaired) electrons. The normalized spacial score (nSPS) is 16.8. The SMILES string of the molecule is Cc1cccc(C2=NN3C(=N)C(=Cc4cc(C)n(Cc5ccccc5)c4C)C(=O)N=C3S2)c1. The molecule has 33 heavy (non-hydrogen) atoms. The van der Waals surface area contributed by atoms with E-state index in [0.29, 0.717) is 5.17 Å². The summed E-state index contributed by atoms with van der Waals surface area (Å²) in [6.07, 6.45) is 1.76. The molecular formula is C26H23N5OS. The van der Waals surface area contributed by atoms with Crippen LogP contribution in [0.4, 0.5) is 0 Å². The van der Waals surface area contributed by atoms with Gasteiger partial charge in [-0.3, -0.25) is 10.2 Å². The standard InChI is InChI=1S/C26H23N5OS/c1-16-8-7-11-20(12-16)25-29-31-23(27)22(24(32)28-26(31)33-25)14-21-13-17(2)30(18(21)3)15-19-9-5-4-6-10-19/h4-14,27H,15H2,1-3H3. The summed E-state index contributed by atoms with van der Waals surface area (Å²) in [5.74, 6) is -0.361. The number of rotatable bonds is 4. The number of carbonyl (C=O) groups is 1. The van der Waals surface area contributed by atoms with Gasteiger partial charge in [0, 0.05) is 23.5 Å². The number of thioether (sulfide) groups is 1. The predicted molar refractivity (Wildman–Crippen MR) is 135 cm³/mol. The van der Waals surface area contributed by atoms with Crippen LogP contribution in [0.3, 0.4) is 0 Å². The molecule has 2 aliphatic rings. The first-order chi connectivity index (χ1) is 15.9. The molecule has 0 saturated heterocycles. The van der Waals surface area contributed by atoms with Crippen LogP contribution >= 0.6 is 11.8 Å². The van der Waals surface area contributed by atoms with Gasteiger partial charge in [0.05, 0.1) is 5.57 Å². The average Bonchev–Trinajstić information content (AvgIpc) is 3.34. The molecule has 0 fully saturated rings. The number of amides is 1. The Morgan fingerprint density at radius 1 is 1.03 bits per heavy atom. The highest BCUT2D eigenvalue weighted by atomic mass is 32.2. The zero-order valence-electron chi connectivity index (χ0n) is 18.7. The smallest absolute Gasteiger partial charge is 0.283 e. The van der Waals surface area contributed by atoms with E-state index in [-0.39, 0.29) is 11.4 Å². The van der Waals surface area contributed by atoms with Crippen molar-refractivity contribution in [3.05, 3.63) is 99.9 Å². The van der Waals surface area contributed by atoms with Crippen LogP contribution < -0.4 is 0 Å². The van der Waals surface area contributed by atoms with E-state index in [1.807, 2.05) is 62.4 Å². The Balaban J connectivity index is 1.46. The first kappa shape index (κ1) is 21.2. The van der Waals surface area contributed by atoms with Crippen LogP contribution in [-0.4, -0.2) is 31.5 Å². The number of carbonyl (C=O) groups excluding carboxylic acids is 1. The third kappa shape index (κ3) is 3.96. The fourth-order valence-corrected chi connectivity index (χ4v) is 4.91. The Labute approximate surface area is 196 Å². The van der Waals surface area contributed by atoms with Crippen LogP contribution in [-0.2, 0) is 11.3 Å². The minimum absolute atomic E-state index is 0.0491. The first-order valence-corrected chi connectivity index (χ1v) is 11.5. The quantitative estimate of drug-likeness (QED) is 0.557. The van der Waals surface area contributed by atoms with Crippen molar-refractivity contribution in [3.63, 3.8) is 0 Å². The van der Waals surface area contributed by atoms with Gasteiger partial charge < -0.3 is 4.57 Å². The zero-order valence-corrected chi connectivity index (χ0v) is 19.5. The summed E-state index contributed by atoms with van der Waals surface area (Å²) in [5, 5.41) is 15.9. The summed E-state index contributed by atoms with van der Waals surface area (Å²) in [7, 11) is 0. The highest BCUT2D eigenvalue weighted by Crippen LogP contribution is 2.31. The molecule has 3 heterocycles. The van der Waals surface area contributed by atoms with Gasteiger partial charge in [-0.25, -0.2) is 0 Å². The summed E-state index contributed by atoms with van der Waals surface area (Å²) in [5.41, 5.74) is 6.57. The molecular weight excluding hydrogens is 430 g/mol. The van der Waals surface area contributed by atoms with Gasteiger partial charge in [0.1, 0.15) is 5.04 Å². The summed E-state index contributed by atoms with van der Waals surface area (Å²) in [4.78, 5) is 17.1. The number of aliphatic imine (C=N–C) groups is 1. The van der Waals surface area contributed by atoms with E-state index in [1.165, 1.54) is 22.3 Å². The monoisotopic (exact) mass is 453 g/mol. The van der Waals surface area contributed by atoms with E-state index in [9.17, 15) is 4.79 Å². The molecule has 0 unspecified atom stereocenters. The van der Waals surface area contributed by atoms with E-state index in [4.69, 9.17) is 5.41 Å². The van der Waals surface area contributed by atoms with Crippen LogP contribution in [0, 0.1) is 26.2 Å². The van der Waals surface area contributed by atoms with E-state index in [1.54, 1.807) is 6.08 Å². The van der Waals surface area contributed by atoms with E-state index >= 15 is 0 Å². The molecule has 0 aliphatic carbocycles. The Morgan fingerprint density at radius 3 is 2.58 bits per heavy atom. The van der Waals surface area contributed by atoms with Crippen molar-refractivity contribution >= 4 is 39.8 Å². The number of benzene rings is 2. The Hall–Kier alpha value is -3.71. The van der Waals surface area contributed by atoms with Crippen LogP contribution in [0.2, 0.25) is 0 Å². The maximum absolute atomic E-state index is 12.8. The van der Waals surface area contributed by atoms with Crippen LogP contribution in [0.25, 0.3) is 6.08 Å². The number of nitrogens with one attached hydrogen (secondary N) is 1. The van der Waals surface area contributed by atoms with Crippen molar-refractivity contribution in [3.8, 4) is 0 Å². The maximum atomic E-state index is 12.8. The molecule has 5 rings (SSSR count). The van der Waals surface area contributed by atoms with E-state index < -0.39 is 5.91 Å². The lowest BCUT2D eigenvalue weighted by atomic mass is 10.1. The van der Waals surface area contributed by atoms with Crippen molar-refractivity contribution in [1.29, 1.82) is 5.41 Å². The second kappa shape index (κ2) is 8.33. The van der Waals surface area contributed by atoms with E-state index in [2.05, 4.69) is 33.7 Å². The largest absolute Gasteiger partial charge is 0.344 e. The van der Waals surface area contributed by atoms with Gasteiger partial charge in [0.2, 0.25) is 5.17 Å². The molecule has 6 nitrogen and oxygen atoms in total. The fraction of sp³-hybridized carbons (Fsp3) is 0.154. The Bertz CT molecular complexity index is 1380. The van der Waals surface area contributed by atoms with Crippen LogP contribution in [0.15, 0.2) is 76.3 Å². The Kier molecular flexibility index (Phi) is 5.34. The molecule has 1 aromatic heterocycles. The van der Waals surface area contributed by atoms with Gasteiger partial charge in [-0.05, 0) is 61.9 Å².